The van der Waals surface area contributed by atoms with Crippen molar-refractivity contribution in [2.75, 3.05) is 14.2 Å². The van der Waals surface area contributed by atoms with E-state index in [2.05, 4.69) is 20.6 Å². The van der Waals surface area contributed by atoms with Gasteiger partial charge in [-0.15, -0.1) is 11.3 Å². The maximum Gasteiger partial charge on any atom is 0.443 e. The highest BCUT2D eigenvalue weighted by Gasteiger charge is 2.36. The largest absolute Gasteiger partial charge is 0.443 e. The Balaban J connectivity index is 2.29. The van der Waals surface area contributed by atoms with Crippen LogP contribution in [0.1, 0.15) is 33.5 Å². The number of thiazole rings is 1. The van der Waals surface area contributed by atoms with Gasteiger partial charge in [0.1, 0.15) is 18.9 Å². The molecule has 0 aliphatic heterocycles. The number of rotatable bonds is 7. The van der Waals surface area contributed by atoms with Crippen LogP contribution in [0.3, 0.4) is 0 Å². The Labute approximate surface area is 179 Å². The van der Waals surface area contributed by atoms with Crippen molar-refractivity contribution in [2.45, 2.75) is 26.6 Å². The molecule has 2 aromatic rings. The second-order valence-electron chi connectivity index (χ2n) is 5.89. The number of oxime groups is 2. The molecule has 0 aliphatic rings. The van der Waals surface area contributed by atoms with Gasteiger partial charge in [0.15, 0.2) is 10.7 Å². The maximum absolute atomic E-state index is 12.8. The predicted octanol–water partition coefficient (Wildman–Crippen LogP) is 4.16. The Morgan fingerprint density at radius 2 is 2.03 bits per heavy atom. The first-order valence-corrected chi connectivity index (χ1v) is 9.62. The molecule has 0 radical (unpaired) electrons. The molecule has 1 N–H and O–H groups in total. The van der Waals surface area contributed by atoms with Crippen LogP contribution in [0.4, 0.5) is 13.2 Å². The summed E-state index contributed by atoms with van der Waals surface area (Å²) in [7, 11) is 2.78. The number of nitrogens with one attached hydrogen (secondary N) is 1. The topological polar surface area (TPSA) is 85.2 Å². The molecule has 1 aromatic carbocycles. The minimum absolute atomic E-state index is 0.0447. The number of likely N-dealkylation sites (N-methyl/N-ethyl adjacent to an activating group) is 1. The van der Waals surface area contributed by atoms with Crippen LogP contribution in [0.15, 0.2) is 28.5 Å². The fraction of sp³-hybridized carbons (Fsp3) is 0.333. The summed E-state index contributed by atoms with van der Waals surface area (Å²) < 4.78 is 38.4. The quantitative estimate of drug-likeness (QED) is 0.494. The van der Waals surface area contributed by atoms with Crippen LogP contribution in [0.2, 0.25) is 5.15 Å². The summed E-state index contributed by atoms with van der Waals surface area (Å²) in [5.41, 5.74) is 2.06. The van der Waals surface area contributed by atoms with Crippen LogP contribution in [-0.4, -0.2) is 36.5 Å². The van der Waals surface area contributed by atoms with Gasteiger partial charge in [-0.25, -0.2) is 4.98 Å². The standard InChI is InChI=1S/C18H18ClF3N4O3S/c1-9-6-5-7-11(13(26-28-4)16(27)23-3)12(9)8-29-25-10(2)14-15(19)24-17(30-14)18(20,21)22/h5-7H,8H2,1-4H3,(H,23,27)/b25-10+,26-13+. The van der Waals surface area contributed by atoms with Gasteiger partial charge in [0.05, 0.1) is 10.6 Å². The van der Waals surface area contributed by atoms with Crippen molar-refractivity contribution in [1.82, 2.24) is 10.3 Å². The smallest absolute Gasteiger partial charge is 0.398 e. The van der Waals surface area contributed by atoms with E-state index >= 15 is 0 Å². The number of alkyl halides is 3. The maximum atomic E-state index is 12.8. The van der Waals surface area contributed by atoms with E-state index in [1.807, 2.05) is 13.0 Å². The molecule has 0 saturated heterocycles. The minimum atomic E-state index is -4.60. The van der Waals surface area contributed by atoms with E-state index in [9.17, 15) is 18.0 Å². The zero-order valence-electron chi connectivity index (χ0n) is 16.4. The van der Waals surface area contributed by atoms with E-state index in [0.717, 1.165) is 5.56 Å². The first kappa shape index (κ1) is 23.6. The van der Waals surface area contributed by atoms with E-state index in [4.69, 9.17) is 21.3 Å². The highest BCUT2D eigenvalue weighted by molar-refractivity contribution is 7.14. The van der Waals surface area contributed by atoms with Crippen molar-refractivity contribution in [3.63, 3.8) is 0 Å². The number of nitrogens with zero attached hydrogens (tertiary/aromatic N) is 3. The Kier molecular flexibility index (Phi) is 7.79. The van der Waals surface area contributed by atoms with Crippen molar-refractivity contribution in [1.29, 1.82) is 0 Å². The number of carbonyl (C=O) groups is 1. The lowest BCUT2D eigenvalue weighted by molar-refractivity contribution is -0.137. The van der Waals surface area contributed by atoms with Gasteiger partial charge in [0.2, 0.25) is 0 Å². The monoisotopic (exact) mass is 462 g/mol. The lowest BCUT2D eigenvalue weighted by Crippen LogP contribution is -2.29. The Bertz CT molecular complexity index is 990. The molecular weight excluding hydrogens is 445 g/mol. The SMILES string of the molecule is CNC(=O)/C(=N/OC)c1cccc(C)c1CO/N=C(\C)c1sc(C(F)(F)F)nc1Cl. The molecule has 0 fully saturated rings. The van der Waals surface area contributed by atoms with Gasteiger partial charge in [-0.3, -0.25) is 4.79 Å². The lowest BCUT2D eigenvalue weighted by Gasteiger charge is -2.13. The van der Waals surface area contributed by atoms with Gasteiger partial charge < -0.3 is 15.0 Å². The summed E-state index contributed by atoms with van der Waals surface area (Å²) in [5.74, 6) is -0.459. The van der Waals surface area contributed by atoms with Gasteiger partial charge in [-0.1, -0.05) is 40.1 Å². The molecule has 0 unspecified atom stereocenters. The highest BCUT2D eigenvalue weighted by atomic mass is 35.5. The van der Waals surface area contributed by atoms with Gasteiger partial charge in [0.25, 0.3) is 5.91 Å². The number of halogens is 4. The molecule has 7 nitrogen and oxygen atoms in total. The summed E-state index contributed by atoms with van der Waals surface area (Å²) in [6.45, 7) is 3.20. The second kappa shape index (κ2) is 9.90. The van der Waals surface area contributed by atoms with Crippen LogP contribution in [0.25, 0.3) is 0 Å². The van der Waals surface area contributed by atoms with Crippen LogP contribution in [0.5, 0.6) is 0 Å². The molecular formula is C18H18ClF3N4O3S. The zero-order chi connectivity index (χ0) is 22.5. The molecule has 0 saturated carbocycles. The van der Waals surface area contributed by atoms with E-state index in [1.54, 1.807) is 12.1 Å². The molecule has 30 heavy (non-hydrogen) atoms. The van der Waals surface area contributed by atoms with Crippen LogP contribution < -0.4 is 5.32 Å². The lowest BCUT2D eigenvalue weighted by atomic mass is 9.98. The van der Waals surface area contributed by atoms with Crippen molar-refractivity contribution < 1.29 is 27.6 Å². The van der Waals surface area contributed by atoms with Crippen LogP contribution in [-0.2, 0) is 27.3 Å². The molecule has 0 aliphatic carbocycles. The Hall–Kier alpha value is -2.66. The summed E-state index contributed by atoms with van der Waals surface area (Å²) in [5, 5.41) is 8.75. The van der Waals surface area contributed by atoms with Gasteiger partial charge in [-0.05, 0) is 19.4 Å². The first-order chi connectivity index (χ1) is 14.1. The molecule has 0 spiro atoms. The second-order valence-corrected chi connectivity index (χ2v) is 7.25. The fourth-order valence-corrected chi connectivity index (χ4v) is 3.57. The number of aromatic nitrogens is 1. The average molecular weight is 463 g/mol. The van der Waals surface area contributed by atoms with E-state index in [1.165, 1.54) is 21.1 Å². The number of hydrogen-bond acceptors (Lipinski definition) is 7. The molecule has 162 valence electrons. The van der Waals surface area contributed by atoms with Crippen molar-refractivity contribution in [2.24, 2.45) is 10.3 Å². The summed E-state index contributed by atoms with van der Waals surface area (Å²) >= 11 is 6.19. The van der Waals surface area contributed by atoms with Crippen molar-refractivity contribution >= 4 is 40.3 Å². The highest BCUT2D eigenvalue weighted by Crippen LogP contribution is 2.36. The van der Waals surface area contributed by atoms with Crippen LogP contribution in [0, 0.1) is 6.92 Å². The normalized spacial score (nSPS) is 12.7. The average Bonchev–Trinajstić information content (AvgIpc) is 3.09. The van der Waals surface area contributed by atoms with Crippen LogP contribution >= 0.6 is 22.9 Å². The van der Waals surface area contributed by atoms with Gasteiger partial charge in [-0.2, -0.15) is 13.2 Å². The molecule has 1 amide bonds. The molecule has 0 bridgehead atoms. The third kappa shape index (κ3) is 5.48. The summed E-state index contributed by atoms with van der Waals surface area (Å²) in [4.78, 5) is 25.6. The molecule has 0 atom stereocenters. The van der Waals surface area contributed by atoms with Gasteiger partial charge in [0, 0.05) is 18.2 Å². The number of aryl methyl sites for hydroxylation is 1. The fourth-order valence-electron chi connectivity index (χ4n) is 2.42. The van der Waals surface area contributed by atoms with E-state index in [-0.39, 0.29) is 28.1 Å². The number of benzene rings is 1. The van der Waals surface area contributed by atoms with Crippen molar-refractivity contribution in [3.8, 4) is 0 Å². The van der Waals surface area contributed by atoms with E-state index in [0.29, 0.717) is 22.5 Å². The molecule has 1 aromatic heterocycles. The summed E-state index contributed by atoms with van der Waals surface area (Å²) in [6.07, 6.45) is -4.60. The Morgan fingerprint density at radius 3 is 2.60 bits per heavy atom. The number of hydrogen-bond donors (Lipinski definition) is 1. The molecule has 1 heterocycles. The minimum Gasteiger partial charge on any atom is -0.398 e. The van der Waals surface area contributed by atoms with Gasteiger partial charge >= 0.3 is 6.18 Å². The third-order valence-corrected chi connectivity index (χ3v) is 5.45. The predicted molar refractivity (Wildman–Crippen MR) is 108 cm³/mol. The summed E-state index contributed by atoms with van der Waals surface area (Å²) in [6, 6.07) is 5.22. The zero-order valence-corrected chi connectivity index (χ0v) is 18.0. The number of amides is 1. The molecule has 2 rings (SSSR count). The van der Waals surface area contributed by atoms with E-state index < -0.39 is 17.1 Å². The number of carbonyl (C=O) groups excluding carboxylic acids is 1. The third-order valence-electron chi connectivity index (χ3n) is 3.86. The first-order valence-electron chi connectivity index (χ1n) is 8.42. The Morgan fingerprint density at radius 1 is 1.33 bits per heavy atom. The van der Waals surface area contributed by atoms with Crippen molar-refractivity contribution in [3.05, 3.63) is 49.9 Å². The molecule has 12 heteroatoms.